The Morgan fingerprint density at radius 2 is 1.73 bits per heavy atom. The van der Waals surface area contributed by atoms with Crippen molar-refractivity contribution in [2.24, 2.45) is 0 Å². The van der Waals surface area contributed by atoms with E-state index in [1.807, 2.05) is 24.3 Å². The van der Waals surface area contributed by atoms with Crippen molar-refractivity contribution >= 4 is 15.9 Å². The number of hydrogen-bond donors (Lipinski definition) is 2. The highest BCUT2D eigenvalue weighted by Crippen LogP contribution is 2.26. The molecule has 2 aromatic rings. The van der Waals surface area contributed by atoms with Gasteiger partial charge in [0.15, 0.2) is 0 Å². The van der Waals surface area contributed by atoms with E-state index >= 15 is 0 Å². The van der Waals surface area contributed by atoms with Gasteiger partial charge in [-0.1, -0.05) is 30.3 Å². The van der Waals surface area contributed by atoms with Gasteiger partial charge in [-0.05, 0) is 36.2 Å². The van der Waals surface area contributed by atoms with Crippen molar-refractivity contribution < 1.29 is 17.9 Å². The SMILES string of the molecule is COc1cccc(C2CC(C(=O)N3CCN(S(=O)(=O)c4ccccc4)CC3)NN2)c1. The summed E-state index contributed by atoms with van der Waals surface area (Å²) in [5.41, 5.74) is 7.33. The fourth-order valence-electron chi connectivity index (χ4n) is 3.91. The molecule has 2 heterocycles. The number of piperazine rings is 1. The Hall–Kier alpha value is -2.46. The van der Waals surface area contributed by atoms with E-state index in [4.69, 9.17) is 4.74 Å². The molecule has 2 fully saturated rings. The predicted octanol–water partition coefficient (Wildman–Crippen LogP) is 1.14. The number of sulfonamides is 1. The van der Waals surface area contributed by atoms with Gasteiger partial charge < -0.3 is 9.64 Å². The second kappa shape index (κ2) is 8.73. The number of hydrogen-bond acceptors (Lipinski definition) is 6. The summed E-state index contributed by atoms with van der Waals surface area (Å²) in [6.45, 7) is 1.35. The molecule has 2 aliphatic rings. The van der Waals surface area contributed by atoms with Crippen LogP contribution in [0.15, 0.2) is 59.5 Å². The summed E-state index contributed by atoms with van der Waals surface area (Å²) < 4.78 is 32.3. The highest BCUT2D eigenvalue weighted by atomic mass is 32.2. The zero-order valence-electron chi connectivity index (χ0n) is 16.8. The summed E-state index contributed by atoms with van der Waals surface area (Å²) in [4.78, 5) is 15.0. The molecular formula is C21H26N4O4S. The van der Waals surface area contributed by atoms with E-state index in [1.165, 1.54) is 4.31 Å². The molecule has 0 radical (unpaired) electrons. The van der Waals surface area contributed by atoms with E-state index in [0.29, 0.717) is 32.6 Å². The van der Waals surface area contributed by atoms with Crippen LogP contribution in [0, 0.1) is 0 Å². The van der Waals surface area contributed by atoms with Crippen LogP contribution in [0.4, 0.5) is 0 Å². The number of hydrazine groups is 1. The number of rotatable bonds is 5. The summed E-state index contributed by atoms with van der Waals surface area (Å²) in [6.07, 6.45) is 0.620. The van der Waals surface area contributed by atoms with Crippen LogP contribution in [-0.4, -0.2) is 62.9 Å². The van der Waals surface area contributed by atoms with Gasteiger partial charge in [-0.2, -0.15) is 4.31 Å². The fraction of sp³-hybridized carbons (Fsp3) is 0.381. The van der Waals surface area contributed by atoms with Crippen molar-refractivity contribution in [3.63, 3.8) is 0 Å². The summed E-state index contributed by atoms with van der Waals surface area (Å²) in [5, 5.41) is 0. The second-order valence-electron chi connectivity index (χ2n) is 7.45. The van der Waals surface area contributed by atoms with Crippen molar-refractivity contribution in [1.29, 1.82) is 0 Å². The number of nitrogens with one attached hydrogen (secondary N) is 2. The van der Waals surface area contributed by atoms with Crippen LogP contribution in [-0.2, 0) is 14.8 Å². The molecule has 0 aromatic heterocycles. The first-order valence-electron chi connectivity index (χ1n) is 9.98. The summed E-state index contributed by atoms with van der Waals surface area (Å²) in [7, 11) is -1.90. The van der Waals surface area contributed by atoms with Gasteiger partial charge in [0.1, 0.15) is 11.8 Å². The molecule has 0 spiro atoms. The van der Waals surface area contributed by atoms with Crippen LogP contribution in [0.2, 0.25) is 0 Å². The van der Waals surface area contributed by atoms with Gasteiger partial charge in [-0.25, -0.2) is 19.3 Å². The molecule has 0 bridgehead atoms. The minimum atomic E-state index is -3.53. The Labute approximate surface area is 176 Å². The van der Waals surface area contributed by atoms with Crippen LogP contribution in [0.5, 0.6) is 5.75 Å². The molecule has 4 rings (SSSR count). The summed E-state index contributed by atoms with van der Waals surface area (Å²) in [6, 6.07) is 15.8. The van der Waals surface area contributed by atoms with Crippen molar-refractivity contribution in [3.05, 3.63) is 60.2 Å². The zero-order valence-corrected chi connectivity index (χ0v) is 17.6. The van der Waals surface area contributed by atoms with E-state index in [0.717, 1.165) is 11.3 Å². The van der Waals surface area contributed by atoms with Gasteiger partial charge in [0.2, 0.25) is 15.9 Å². The lowest BCUT2D eigenvalue weighted by Gasteiger charge is -2.35. The summed E-state index contributed by atoms with van der Waals surface area (Å²) in [5.74, 6) is 0.768. The lowest BCUT2D eigenvalue weighted by molar-refractivity contribution is -0.134. The smallest absolute Gasteiger partial charge is 0.243 e. The third-order valence-electron chi connectivity index (χ3n) is 5.63. The zero-order chi connectivity index (χ0) is 21.1. The first kappa shape index (κ1) is 20.8. The maximum atomic E-state index is 13.0. The third kappa shape index (κ3) is 4.20. The Morgan fingerprint density at radius 1 is 1.00 bits per heavy atom. The largest absolute Gasteiger partial charge is 0.497 e. The van der Waals surface area contributed by atoms with Gasteiger partial charge in [-0.3, -0.25) is 4.79 Å². The lowest BCUT2D eigenvalue weighted by Crippen LogP contribution is -2.54. The van der Waals surface area contributed by atoms with Gasteiger partial charge in [-0.15, -0.1) is 0 Å². The molecule has 2 unspecified atom stereocenters. The van der Waals surface area contributed by atoms with E-state index in [-0.39, 0.29) is 22.9 Å². The number of methoxy groups -OCH3 is 1. The van der Waals surface area contributed by atoms with Crippen molar-refractivity contribution in [2.75, 3.05) is 33.3 Å². The first-order valence-corrected chi connectivity index (χ1v) is 11.4. The molecule has 2 N–H and O–H groups in total. The molecule has 1 amide bonds. The average Bonchev–Trinajstić information content (AvgIpc) is 3.30. The second-order valence-corrected chi connectivity index (χ2v) is 9.39. The average molecular weight is 431 g/mol. The highest BCUT2D eigenvalue weighted by molar-refractivity contribution is 7.89. The molecule has 2 aliphatic heterocycles. The molecule has 160 valence electrons. The molecule has 9 heteroatoms. The Kier molecular flexibility index (Phi) is 6.05. The molecule has 8 nitrogen and oxygen atoms in total. The highest BCUT2D eigenvalue weighted by Gasteiger charge is 2.36. The topological polar surface area (TPSA) is 91.0 Å². The van der Waals surface area contributed by atoms with E-state index < -0.39 is 10.0 Å². The Morgan fingerprint density at radius 3 is 2.43 bits per heavy atom. The number of carbonyl (C=O) groups excluding carboxylic acids is 1. The summed E-state index contributed by atoms with van der Waals surface area (Å²) >= 11 is 0. The molecule has 2 saturated heterocycles. The Balaban J connectivity index is 1.35. The molecule has 2 aromatic carbocycles. The number of nitrogens with zero attached hydrogens (tertiary/aromatic N) is 2. The number of benzene rings is 2. The van der Waals surface area contributed by atoms with Crippen LogP contribution in [0.3, 0.4) is 0 Å². The molecule has 2 atom stereocenters. The quantitative estimate of drug-likeness (QED) is 0.739. The van der Waals surface area contributed by atoms with E-state index in [1.54, 1.807) is 42.3 Å². The lowest BCUT2D eigenvalue weighted by atomic mass is 10.0. The van der Waals surface area contributed by atoms with Crippen molar-refractivity contribution in [3.8, 4) is 5.75 Å². The Bertz CT molecular complexity index is 991. The maximum absolute atomic E-state index is 13.0. The first-order chi connectivity index (χ1) is 14.5. The fourth-order valence-corrected chi connectivity index (χ4v) is 5.35. The third-order valence-corrected chi connectivity index (χ3v) is 7.54. The molecule has 30 heavy (non-hydrogen) atoms. The van der Waals surface area contributed by atoms with Crippen LogP contribution in [0.1, 0.15) is 18.0 Å². The predicted molar refractivity (Wildman–Crippen MR) is 112 cm³/mol. The monoisotopic (exact) mass is 430 g/mol. The normalized spacial score (nSPS) is 22.8. The van der Waals surface area contributed by atoms with Crippen LogP contribution < -0.4 is 15.6 Å². The maximum Gasteiger partial charge on any atom is 0.243 e. The standard InChI is InChI=1S/C21H26N4O4S/c1-29-17-7-5-6-16(14-17)19-15-20(23-22-19)21(26)24-10-12-25(13-11-24)30(27,28)18-8-3-2-4-9-18/h2-9,14,19-20,22-23H,10-13,15H2,1H3. The molecule has 0 aliphatic carbocycles. The van der Waals surface area contributed by atoms with Gasteiger partial charge in [0.25, 0.3) is 0 Å². The minimum absolute atomic E-state index is 0.00815. The molecule has 0 saturated carbocycles. The number of carbonyl (C=O) groups is 1. The van der Waals surface area contributed by atoms with Crippen molar-refractivity contribution in [1.82, 2.24) is 20.1 Å². The number of ether oxygens (including phenoxy) is 1. The molecular weight excluding hydrogens is 404 g/mol. The van der Waals surface area contributed by atoms with Crippen LogP contribution >= 0.6 is 0 Å². The van der Waals surface area contributed by atoms with E-state index in [2.05, 4.69) is 10.9 Å². The van der Waals surface area contributed by atoms with E-state index in [9.17, 15) is 13.2 Å². The van der Waals surface area contributed by atoms with Crippen LogP contribution in [0.25, 0.3) is 0 Å². The van der Waals surface area contributed by atoms with Gasteiger partial charge in [0, 0.05) is 32.2 Å². The minimum Gasteiger partial charge on any atom is -0.497 e. The van der Waals surface area contributed by atoms with Gasteiger partial charge in [0.05, 0.1) is 12.0 Å². The van der Waals surface area contributed by atoms with Gasteiger partial charge >= 0.3 is 0 Å². The van der Waals surface area contributed by atoms with Crippen molar-refractivity contribution in [2.45, 2.75) is 23.4 Å². The number of amides is 1.